The molecule has 0 amide bonds. The van der Waals surface area contributed by atoms with Crippen LogP contribution in [0.25, 0.3) is 5.69 Å². The van der Waals surface area contributed by atoms with Gasteiger partial charge in [0, 0.05) is 29.4 Å². The fraction of sp³-hybridized carbons (Fsp3) is 0.308. The molecule has 1 N–H and O–H groups in total. The summed E-state index contributed by atoms with van der Waals surface area (Å²) in [5.74, 6) is 0. The van der Waals surface area contributed by atoms with E-state index >= 15 is 0 Å². The lowest BCUT2D eigenvalue weighted by molar-refractivity contribution is 0.681. The third kappa shape index (κ3) is 2.53. The average molecular weight is 282 g/mol. The van der Waals surface area contributed by atoms with Crippen molar-refractivity contribution in [2.75, 3.05) is 0 Å². The zero-order chi connectivity index (χ0) is 12.5. The van der Waals surface area contributed by atoms with Crippen molar-refractivity contribution in [3.05, 3.63) is 46.2 Å². The van der Waals surface area contributed by atoms with E-state index in [1.807, 2.05) is 18.2 Å². The average Bonchev–Trinajstić information content (AvgIpc) is 3.08. The summed E-state index contributed by atoms with van der Waals surface area (Å²) in [6.07, 6.45) is 5.93. The van der Waals surface area contributed by atoms with Crippen molar-refractivity contribution in [3.8, 4) is 5.69 Å². The Balaban J connectivity index is 1.93. The standard InChI is InChI=1S/C13H13Cl2N3/c14-9-6-17-18(8-9)13-3-1-2-12(15)11(13)7-16-10-4-5-10/h1-3,6,8,10,16H,4-5,7H2. The highest BCUT2D eigenvalue weighted by Gasteiger charge is 2.21. The van der Waals surface area contributed by atoms with Crippen LogP contribution < -0.4 is 5.32 Å². The summed E-state index contributed by atoms with van der Waals surface area (Å²) in [6.45, 7) is 0.761. The molecule has 1 aliphatic rings. The van der Waals surface area contributed by atoms with Crippen molar-refractivity contribution in [3.63, 3.8) is 0 Å². The number of hydrogen-bond acceptors (Lipinski definition) is 2. The van der Waals surface area contributed by atoms with Gasteiger partial charge < -0.3 is 5.32 Å². The summed E-state index contributed by atoms with van der Waals surface area (Å²) < 4.78 is 1.76. The Kier molecular flexibility index (Phi) is 3.29. The Labute approximate surface area is 116 Å². The molecule has 0 atom stereocenters. The summed E-state index contributed by atoms with van der Waals surface area (Å²) in [7, 11) is 0. The van der Waals surface area contributed by atoms with Crippen LogP contribution in [-0.2, 0) is 6.54 Å². The highest BCUT2D eigenvalue weighted by Crippen LogP contribution is 2.26. The molecule has 1 aromatic heterocycles. The molecular formula is C13H13Cl2N3. The van der Waals surface area contributed by atoms with Crippen molar-refractivity contribution in [1.82, 2.24) is 15.1 Å². The first-order chi connectivity index (χ1) is 8.74. The van der Waals surface area contributed by atoms with Crippen molar-refractivity contribution in [1.29, 1.82) is 0 Å². The fourth-order valence-electron chi connectivity index (χ4n) is 1.90. The Morgan fingerprint density at radius 1 is 1.33 bits per heavy atom. The van der Waals surface area contributed by atoms with Crippen LogP contribution in [0.15, 0.2) is 30.6 Å². The van der Waals surface area contributed by atoms with Gasteiger partial charge in [0.25, 0.3) is 0 Å². The van der Waals surface area contributed by atoms with Crippen molar-refractivity contribution in [2.24, 2.45) is 0 Å². The van der Waals surface area contributed by atoms with Crippen LogP contribution >= 0.6 is 23.2 Å². The summed E-state index contributed by atoms with van der Waals surface area (Å²) >= 11 is 12.2. The lowest BCUT2D eigenvalue weighted by Crippen LogP contribution is -2.17. The Morgan fingerprint density at radius 2 is 2.17 bits per heavy atom. The molecule has 3 rings (SSSR count). The first-order valence-electron chi connectivity index (χ1n) is 5.95. The molecule has 0 radical (unpaired) electrons. The third-order valence-corrected chi connectivity index (χ3v) is 3.59. The first-order valence-corrected chi connectivity index (χ1v) is 6.71. The number of nitrogens with zero attached hydrogens (tertiary/aromatic N) is 2. The van der Waals surface area contributed by atoms with Gasteiger partial charge in [-0.25, -0.2) is 4.68 Å². The van der Waals surface area contributed by atoms with Gasteiger partial charge in [0.05, 0.1) is 16.9 Å². The predicted octanol–water partition coefficient (Wildman–Crippen LogP) is 3.43. The van der Waals surface area contributed by atoms with E-state index in [1.165, 1.54) is 12.8 Å². The van der Waals surface area contributed by atoms with Crippen LogP contribution in [-0.4, -0.2) is 15.8 Å². The molecular weight excluding hydrogens is 269 g/mol. The second-order valence-electron chi connectivity index (χ2n) is 4.50. The van der Waals surface area contributed by atoms with Gasteiger partial charge >= 0.3 is 0 Å². The molecule has 0 aliphatic heterocycles. The maximum Gasteiger partial charge on any atom is 0.0790 e. The number of halogens is 2. The maximum atomic E-state index is 6.28. The SMILES string of the molecule is Clc1cnn(-c2cccc(Cl)c2CNC2CC2)c1. The van der Waals surface area contributed by atoms with E-state index in [-0.39, 0.29) is 0 Å². The molecule has 0 unspecified atom stereocenters. The van der Waals surface area contributed by atoms with Gasteiger partial charge in [0.15, 0.2) is 0 Å². The van der Waals surface area contributed by atoms with E-state index in [1.54, 1.807) is 17.1 Å². The molecule has 5 heteroatoms. The van der Waals surface area contributed by atoms with Gasteiger partial charge in [-0.15, -0.1) is 0 Å². The Morgan fingerprint density at radius 3 is 2.83 bits per heavy atom. The number of aromatic nitrogens is 2. The van der Waals surface area contributed by atoms with E-state index in [0.29, 0.717) is 11.1 Å². The zero-order valence-corrected chi connectivity index (χ0v) is 11.2. The van der Waals surface area contributed by atoms with Gasteiger partial charge in [-0.05, 0) is 25.0 Å². The monoisotopic (exact) mass is 281 g/mol. The zero-order valence-electron chi connectivity index (χ0n) is 9.74. The van der Waals surface area contributed by atoms with Crippen LogP contribution in [0.4, 0.5) is 0 Å². The third-order valence-electron chi connectivity index (χ3n) is 3.04. The molecule has 1 heterocycles. The molecule has 94 valence electrons. The van der Waals surface area contributed by atoms with Crippen molar-refractivity contribution < 1.29 is 0 Å². The summed E-state index contributed by atoms with van der Waals surface area (Å²) in [6, 6.07) is 6.47. The minimum atomic E-state index is 0.621. The van der Waals surface area contributed by atoms with Crippen LogP contribution in [0.5, 0.6) is 0 Å². The number of rotatable bonds is 4. The van der Waals surface area contributed by atoms with Gasteiger partial charge in [-0.3, -0.25) is 0 Å². The fourth-order valence-corrected chi connectivity index (χ4v) is 2.28. The van der Waals surface area contributed by atoms with E-state index < -0.39 is 0 Å². The molecule has 1 saturated carbocycles. The highest BCUT2D eigenvalue weighted by molar-refractivity contribution is 6.31. The second-order valence-corrected chi connectivity index (χ2v) is 5.34. The van der Waals surface area contributed by atoms with E-state index in [0.717, 1.165) is 22.8 Å². The molecule has 0 spiro atoms. The van der Waals surface area contributed by atoms with Crippen LogP contribution in [0.1, 0.15) is 18.4 Å². The van der Waals surface area contributed by atoms with Crippen LogP contribution in [0.2, 0.25) is 10.0 Å². The molecule has 1 fully saturated rings. The normalized spacial score (nSPS) is 15.0. The van der Waals surface area contributed by atoms with E-state index in [9.17, 15) is 0 Å². The lowest BCUT2D eigenvalue weighted by atomic mass is 10.1. The number of benzene rings is 1. The van der Waals surface area contributed by atoms with Crippen LogP contribution in [0, 0.1) is 0 Å². The molecule has 3 nitrogen and oxygen atoms in total. The van der Waals surface area contributed by atoms with Gasteiger partial charge in [0.2, 0.25) is 0 Å². The Hall–Kier alpha value is -1.03. The largest absolute Gasteiger partial charge is 0.310 e. The van der Waals surface area contributed by atoms with Crippen molar-refractivity contribution >= 4 is 23.2 Å². The van der Waals surface area contributed by atoms with Gasteiger partial charge in [-0.2, -0.15) is 5.10 Å². The quantitative estimate of drug-likeness (QED) is 0.931. The predicted molar refractivity (Wildman–Crippen MR) is 73.4 cm³/mol. The molecule has 0 saturated heterocycles. The summed E-state index contributed by atoms with van der Waals surface area (Å²) in [5, 5.41) is 9.08. The second kappa shape index (κ2) is 4.92. The molecule has 0 bridgehead atoms. The smallest absolute Gasteiger partial charge is 0.0790 e. The van der Waals surface area contributed by atoms with Gasteiger partial charge in [0.1, 0.15) is 0 Å². The number of hydrogen-bond donors (Lipinski definition) is 1. The highest BCUT2D eigenvalue weighted by atomic mass is 35.5. The lowest BCUT2D eigenvalue weighted by Gasteiger charge is -2.12. The topological polar surface area (TPSA) is 29.9 Å². The van der Waals surface area contributed by atoms with E-state index in [2.05, 4.69) is 10.4 Å². The number of nitrogens with one attached hydrogen (secondary N) is 1. The Bertz CT molecular complexity index is 561. The van der Waals surface area contributed by atoms with Crippen LogP contribution in [0.3, 0.4) is 0 Å². The minimum absolute atomic E-state index is 0.621. The molecule has 1 aromatic carbocycles. The summed E-state index contributed by atoms with van der Waals surface area (Å²) in [4.78, 5) is 0. The van der Waals surface area contributed by atoms with E-state index in [4.69, 9.17) is 23.2 Å². The maximum absolute atomic E-state index is 6.28. The molecule has 2 aromatic rings. The van der Waals surface area contributed by atoms with Crippen molar-refractivity contribution in [2.45, 2.75) is 25.4 Å². The summed E-state index contributed by atoms with van der Waals surface area (Å²) in [5.41, 5.74) is 2.04. The van der Waals surface area contributed by atoms with Gasteiger partial charge in [-0.1, -0.05) is 29.3 Å². The molecule has 1 aliphatic carbocycles. The molecule has 18 heavy (non-hydrogen) atoms. The first kappa shape index (κ1) is 12.0. The minimum Gasteiger partial charge on any atom is -0.310 e.